The molecule has 1 saturated heterocycles. The fraction of sp³-hybridized carbons (Fsp3) is 0.545. The molecule has 5 atom stereocenters. The van der Waals surface area contributed by atoms with Gasteiger partial charge < -0.3 is 29.9 Å². The Kier molecular flexibility index (Phi) is 6.24. The summed E-state index contributed by atoms with van der Waals surface area (Å²) >= 11 is 1.85. The number of aliphatic hydroxyl groups excluding tert-OH is 4. The van der Waals surface area contributed by atoms with Crippen molar-refractivity contribution in [1.29, 1.82) is 0 Å². The Hall–Kier alpha value is -1.48. The van der Waals surface area contributed by atoms with Crippen molar-refractivity contribution in [2.24, 2.45) is 0 Å². The predicted molar refractivity (Wildman–Crippen MR) is 109 cm³/mol. The number of thiophene rings is 1. The van der Waals surface area contributed by atoms with Gasteiger partial charge in [0.1, 0.15) is 36.3 Å². The average molecular weight is 421 g/mol. The van der Waals surface area contributed by atoms with Gasteiger partial charge in [0.25, 0.3) is 0 Å². The molecule has 1 fully saturated rings. The number of ether oxygens (including phenoxy) is 2. The Morgan fingerprint density at radius 3 is 2.59 bits per heavy atom. The molecule has 1 aromatic carbocycles. The molecular formula is C22H28O6S. The van der Waals surface area contributed by atoms with Crippen LogP contribution in [0.1, 0.15) is 45.4 Å². The second kappa shape index (κ2) is 8.71. The Balaban J connectivity index is 1.62. The summed E-state index contributed by atoms with van der Waals surface area (Å²) in [4.78, 5) is 2.76. The van der Waals surface area contributed by atoms with E-state index in [-0.39, 0.29) is 0 Å². The molecule has 0 saturated carbocycles. The Bertz CT molecular complexity index is 824. The number of hydrogen-bond donors (Lipinski definition) is 4. The molecule has 2 heterocycles. The van der Waals surface area contributed by atoms with Crippen molar-refractivity contribution >= 4 is 11.3 Å². The van der Waals surface area contributed by atoms with Gasteiger partial charge in [-0.2, -0.15) is 0 Å². The van der Waals surface area contributed by atoms with Gasteiger partial charge in [0.2, 0.25) is 0 Å². The fourth-order valence-corrected chi connectivity index (χ4v) is 5.60. The molecule has 1 aliphatic heterocycles. The summed E-state index contributed by atoms with van der Waals surface area (Å²) < 4.78 is 11.3. The molecule has 7 heteroatoms. The van der Waals surface area contributed by atoms with Crippen LogP contribution in [0.3, 0.4) is 0 Å². The number of benzene rings is 1. The highest BCUT2D eigenvalue weighted by Crippen LogP contribution is 2.36. The molecule has 29 heavy (non-hydrogen) atoms. The minimum atomic E-state index is -1.39. The highest BCUT2D eigenvalue weighted by Gasteiger charge is 2.44. The normalized spacial score (nSPS) is 29.5. The number of rotatable bonds is 5. The fourth-order valence-electron chi connectivity index (χ4n) is 4.32. The van der Waals surface area contributed by atoms with Crippen LogP contribution in [-0.4, -0.2) is 58.6 Å². The third-order valence-corrected chi connectivity index (χ3v) is 7.17. The Morgan fingerprint density at radius 1 is 1.07 bits per heavy atom. The van der Waals surface area contributed by atoms with E-state index in [0.717, 1.165) is 24.2 Å². The van der Waals surface area contributed by atoms with Crippen molar-refractivity contribution in [3.05, 3.63) is 50.7 Å². The molecule has 0 spiro atoms. The van der Waals surface area contributed by atoms with Crippen molar-refractivity contribution in [2.75, 3.05) is 13.7 Å². The summed E-state index contributed by atoms with van der Waals surface area (Å²) in [5, 5.41) is 40.0. The van der Waals surface area contributed by atoms with E-state index < -0.39 is 37.1 Å². The summed E-state index contributed by atoms with van der Waals surface area (Å²) in [6.07, 6.45) is -0.283. The van der Waals surface area contributed by atoms with Crippen LogP contribution in [-0.2, 0) is 24.0 Å². The van der Waals surface area contributed by atoms with Crippen molar-refractivity contribution in [2.45, 2.75) is 62.6 Å². The molecule has 2 aromatic rings. The first kappa shape index (κ1) is 20.8. The highest BCUT2D eigenvalue weighted by atomic mass is 32.1. The molecule has 158 valence electrons. The molecule has 4 rings (SSSR count). The van der Waals surface area contributed by atoms with E-state index in [0.29, 0.717) is 12.0 Å². The lowest BCUT2D eigenvalue weighted by Gasteiger charge is -2.40. The van der Waals surface area contributed by atoms with Gasteiger partial charge in [-0.05, 0) is 60.6 Å². The van der Waals surface area contributed by atoms with E-state index in [4.69, 9.17) is 9.47 Å². The van der Waals surface area contributed by atoms with Crippen LogP contribution in [0.25, 0.3) is 0 Å². The molecular weight excluding hydrogens is 392 g/mol. The number of hydrogen-bond acceptors (Lipinski definition) is 7. The lowest BCUT2D eigenvalue weighted by atomic mass is 9.90. The molecule has 2 aliphatic rings. The summed E-state index contributed by atoms with van der Waals surface area (Å²) in [7, 11) is 1.63. The van der Waals surface area contributed by atoms with E-state index in [2.05, 4.69) is 6.07 Å². The zero-order valence-corrected chi connectivity index (χ0v) is 17.3. The van der Waals surface area contributed by atoms with Gasteiger partial charge in [-0.25, -0.2) is 0 Å². The summed E-state index contributed by atoms with van der Waals surface area (Å²) in [5.74, 6) is 0.754. The minimum absolute atomic E-state index is 0.439. The smallest absolute Gasteiger partial charge is 0.122 e. The van der Waals surface area contributed by atoms with E-state index >= 15 is 0 Å². The highest BCUT2D eigenvalue weighted by molar-refractivity contribution is 7.12. The first-order valence-corrected chi connectivity index (χ1v) is 10.9. The summed E-state index contributed by atoms with van der Waals surface area (Å²) in [5.41, 5.74) is 3.11. The van der Waals surface area contributed by atoms with E-state index in [1.807, 2.05) is 23.5 Å². The van der Waals surface area contributed by atoms with Crippen LogP contribution in [0.4, 0.5) is 0 Å². The topological polar surface area (TPSA) is 99.4 Å². The second-order valence-corrected chi connectivity index (χ2v) is 9.09. The monoisotopic (exact) mass is 420 g/mol. The zero-order chi connectivity index (χ0) is 20.5. The van der Waals surface area contributed by atoms with Gasteiger partial charge >= 0.3 is 0 Å². The van der Waals surface area contributed by atoms with Gasteiger partial charge in [-0.3, -0.25) is 0 Å². The van der Waals surface area contributed by atoms with Crippen LogP contribution in [0.2, 0.25) is 0 Å². The van der Waals surface area contributed by atoms with Crippen LogP contribution in [0.5, 0.6) is 5.75 Å². The van der Waals surface area contributed by atoms with Gasteiger partial charge in [-0.15, -0.1) is 11.3 Å². The van der Waals surface area contributed by atoms with Crippen molar-refractivity contribution in [3.8, 4) is 5.75 Å². The largest absolute Gasteiger partial charge is 0.496 e. The van der Waals surface area contributed by atoms with Crippen LogP contribution in [0, 0.1) is 0 Å². The van der Waals surface area contributed by atoms with Gasteiger partial charge in [-0.1, -0.05) is 6.07 Å². The first-order valence-electron chi connectivity index (χ1n) is 10.1. The number of aryl methyl sites for hydroxylation is 2. The third kappa shape index (κ3) is 4.08. The van der Waals surface area contributed by atoms with E-state index in [1.54, 1.807) is 13.2 Å². The minimum Gasteiger partial charge on any atom is -0.496 e. The number of fused-ring (bicyclic) bond motifs is 1. The lowest BCUT2D eigenvalue weighted by Crippen LogP contribution is -2.55. The molecule has 1 aromatic heterocycles. The van der Waals surface area contributed by atoms with E-state index in [9.17, 15) is 20.4 Å². The third-order valence-electron chi connectivity index (χ3n) is 5.94. The SMILES string of the molecule is COc1ccc([C@@H]2O[C@H](CO)[C@@H](O)[C@H](O)[C@H]2O)cc1Cc1cc2c(s1)CCCC2. The Morgan fingerprint density at radius 2 is 1.86 bits per heavy atom. The van der Waals surface area contributed by atoms with Crippen molar-refractivity contribution in [3.63, 3.8) is 0 Å². The standard InChI is InChI=1S/C22H28O6S/c1-27-16-7-6-13(22-21(26)20(25)19(24)17(11-23)28-22)8-14(16)10-15-9-12-4-2-3-5-18(12)29-15/h6-9,17,19-26H,2-5,10-11H2,1H3/t17-,19-,20+,21-,22+/m1/s1. The van der Waals surface area contributed by atoms with Crippen LogP contribution >= 0.6 is 11.3 Å². The summed E-state index contributed by atoms with van der Waals surface area (Å²) in [6, 6.07) is 7.83. The Labute approximate surface area is 174 Å². The predicted octanol–water partition coefficient (Wildman–Crippen LogP) is 1.74. The maximum absolute atomic E-state index is 10.4. The number of aliphatic hydroxyl groups is 4. The van der Waals surface area contributed by atoms with Crippen molar-refractivity contribution < 1.29 is 29.9 Å². The van der Waals surface area contributed by atoms with E-state index in [1.165, 1.54) is 28.2 Å². The molecule has 6 nitrogen and oxygen atoms in total. The summed E-state index contributed by atoms with van der Waals surface area (Å²) in [6.45, 7) is -0.439. The van der Waals surface area contributed by atoms with Gasteiger partial charge in [0.15, 0.2) is 0 Å². The lowest BCUT2D eigenvalue weighted by molar-refractivity contribution is -0.231. The molecule has 0 radical (unpaired) electrons. The van der Waals surface area contributed by atoms with Crippen LogP contribution in [0.15, 0.2) is 24.3 Å². The second-order valence-electron chi connectivity index (χ2n) is 7.87. The molecule has 1 aliphatic carbocycles. The average Bonchev–Trinajstić information content (AvgIpc) is 3.14. The number of methoxy groups -OCH3 is 1. The quantitative estimate of drug-likeness (QED) is 0.588. The van der Waals surface area contributed by atoms with Crippen LogP contribution < -0.4 is 4.74 Å². The van der Waals surface area contributed by atoms with Gasteiger partial charge in [0.05, 0.1) is 13.7 Å². The van der Waals surface area contributed by atoms with Gasteiger partial charge in [0, 0.05) is 16.2 Å². The molecule has 0 amide bonds. The molecule has 0 unspecified atom stereocenters. The zero-order valence-electron chi connectivity index (χ0n) is 16.5. The molecule has 0 bridgehead atoms. The molecule has 4 N–H and O–H groups in total. The maximum Gasteiger partial charge on any atom is 0.122 e. The maximum atomic E-state index is 10.4. The van der Waals surface area contributed by atoms with Crippen molar-refractivity contribution in [1.82, 2.24) is 0 Å². The first-order chi connectivity index (χ1) is 14.0.